The van der Waals surface area contributed by atoms with Crippen molar-refractivity contribution in [1.29, 1.82) is 0 Å². The lowest BCUT2D eigenvalue weighted by molar-refractivity contribution is -0.141. The number of carbonyl (C=O) groups excluding carboxylic acids is 2. The summed E-state index contributed by atoms with van der Waals surface area (Å²) in [4.78, 5) is 21.4. The molecule has 16 heavy (non-hydrogen) atoms. The molecule has 0 aromatic heterocycles. The molecule has 0 aliphatic heterocycles. The molecule has 0 rings (SSSR count). The Hall–Kier alpha value is -1.32. The Morgan fingerprint density at radius 3 is 1.88 bits per heavy atom. The molecule has 0 atom stereocenters. The minimum atomic E-state index is -0.333. The van der Waals surface area contributed by atoms with E-state index in [1.807, 2.05) is 0 Å². The highest BCUT2D eigenvalue weighted by atomic mass is 16.5. The summed E-state index contributed by atoms with van der Waals surface area (Å²) in [5, 5.41) is 0. The summed E-state index contributed by atoms with van der Waals surface area (Å²) in [7, 11) is 0. The Kier molecular flexibility index (Phi) is 8.21. The number of rotatable bonds is 8. The van der Waals surface area contributed by atoms with Gasteiger partial charge in [-0.1, -0.05) is 6.58 Å². The second-order valence-corrected chi connectivity index (χ2v) is 3.67. The zero-order chi connectivity index (χ0) is 12.4. The van der Waals surface area contributed by atoms with E-state index in [2.05, 4.69) is 6.58 Å². The third-order valence-corrected chi connectivity index (χ3v) is 1.93. The van der Waals surface area contributed by atoms with E-state index in [0.29, 0.717) is 18.8 Å². The van der Waals surface area contributed by atoms with E-state index in [9.17, 15) is 9.59 Å². The molecule has 92 valence electrons. The number of hydrogen-bond donors (Lipinski definition) is 0. The lowest BCUT2D eigenvalue weighted by atomic mass is 10.2. The van der Waals surface area contributed by atoms with Crippen LogP contribution < -0.4 is 0 Å². The monoisotopic (exact) mass is 228 g/mol. The normalized spacial score (nSPS) is 9.62. The summed E-state index contributed by atoms with van der Waals surface area (Å²) < 4.78 is 9.71. The van der Waals surface area contributed by atoms with Crippen molar-refractivity contribution < 1.29 is 19.1 Å². The van der Waals surface area contributed by atoms with Gasteiger partial charge in [-0.25, -0.2) is 4.79 Å². The smallest absolute Gasteiger partial charge is 0.333 e. The number of esters is 2. The largest absolute Gasteiger partial charge is 0.466 e. The van der Waals surface area contributed by atoms with Crippen molar-refractivity contribution in [3.8, 4) is 0 Å². The average molecular weight is 228 g/mol. The number of unbranched alkanes of at least 4 members (excludes halogenated alkanes) is 3. The molecule has 0 aromatic carbocycles. The van der Waals surface area contributed by atoms with Gasteiger partial charge in [0.25, 0.3) is 0 Å². The van der Waals surface area contributed by atoms with Crippen molar-refractivity contribution in [2.75, 3.05) is 13.2 Å². The minimum absolute atomic E-state index is 0.240. The van der Waals surface area contributed by atoms with Gasteiger partial charge >= 0.3 is 11.9 Å². The van der Waals surface area contributed by atoms with Gasteiger partial charge in [-0.15, -0.1) is 0 Å². The highest BCUT2D eigenvalue weighted by Gasteiger charge is 2.01. The predicted octanol–water partition coefficient (Wildman–Crippen LogP) is 2.23. The molecule has 0 bridgehead atoms. The maximum atomic E-state index is 11.0. The van der Waals surface area contributed by atoms with Gasteiger partial charge in [-0.05, 0) is 32.6 Å². The van der Waals surface area contributed by atoms with Crippen molar-refractivity contribution in [2.24, 2.45) is 0 Å². The van der Waals surface area contributed by atoms with Crippen LogP contribution in [0.4, 0.5) is 0 Å². The fourth-order valence-electron chi connectivity index (χ4n) is 1.06. The van der Waals surface area contributed by atoms with E-state index >= 15 is 0 Å². The molecule has 4 nitrogen and oxygen atoms in total. The summed E-state index contributed by atoms with van der Waals surface area (Å²) in [5.74, 6) is -0.574. The van der Waals surface area contributed by atoms with Gasteiger partial charge in [0.2, 0.25) is 0 Å². The highest BCUT2D eigenvalue weighted by Crippen LogP contribution is 2.02. The Balaban J connectivity index is 3.19. The average Bonchev–Trinajstić information content (AvgIpc) is 2.21. The molecule has 0 aliphatic carbocycles. The molecule has 4 heteroatoms. The molecule has 0 heterocycles. The van der Waals surface area contributed by atoms with Crippen LogP contribution in [0.3, 0.4) is 0 Å². The molecule has 0 saturated carbocycles. The molecule has 0 fully saturated rings. The van der Waals surface area contributed by atoms with Gasteiger partial charge in [-0.2, -0.15) is 0 Å². The highest BCUT2D eigenvalue weighted by molar-refractivity contribution is 5.86. The first kappa shape index (κ1) is 14.7. The maximum Gasteiger partial charge on any atom is 0.333 e. The molecule has 0 unspecified atom stereocenters. The van der Waals surface area contributed by atoms with Crippen LogP contribution in [0.15, 0.2) is 12.2 Å². The molecular formula is C12H20O4. The van der Waals surface area contributed by atoms with Crippen LogP contribution in [-0.2, 0) is 19.1 Å². The Morgan fingerprint density at radius 2 is 1.44 bits per heavy atom. The number of carbonyl (C=O) groups is 2. The zero-order valence-electron chi connectivity index (χ0n) is 10.1. The van der Waals surface area contributed by atoms with Crippen LogP contribution in [-0.4, -0.2) is 25.2 Å². The van der Waals surface area contributed by atoms with Crippen LogP contribution in [0.2, 0.25) is 0 Å². The van der Waals surface area contributed by atoms with Crippen molar-refractivity contribution in [3.05, 3.63) is 12.2 Å². The maximum absolute atomic E-state index is 11.0. The van der Waals surface area contributed by atoms with Crippen molar-refractivity contribution >= 4 is 11.9 Å². The molecule has 0 spiro atoms. The van der Waals surface area contributed by atoms with Crippen LogP contribution in [0.25, 0.3) is 0 Å². The van der Waals surface area contributed by atoms with Crippen LogP contribution in [0.5, 0.6) is 0 Å². The number of hydrogen-bond acceptors (Lipinski definition) is 4. The van der Waals surface area contributed by atoms with Gasteiger partial charge in [-0.3, -0.25) is 4.79 Å². The summed E-state index contributed by atoms with van der Waals surface area (Å²) in [5.41, 5.74) is 0.426. The topological polar surface area (TPSA) is 52.6 Å². The second kappa shape index (κ2) is 8.95. The zero-order valence-corrected chi connectivity index (χ0v) is 10.1. The molecule has 0 N–H and O–H groups in total. The Morgan fingerprint density at radius 1 is 0.938 bits per heavy atom. The van der Waals surface area contributed by atoms with Crippen molar-refractivity contribution in [3.63, 3.8) is 0 Å². The molecule has 0 amide bonds. The van der Waals surface area contributed by atoms with Crippen LogP contribution >= 0.6 is 0 Å². The van der Waals surface area contributed by atoms with E-state index in [-0.39, 0.29) is 11.9 Å². The Bertz CT molecular complexity index is 245. The molecule has 0 radical (unpaired) electrons. The first-order valence-corrected chi connectivity index (χ1v) is 5.50. The predicted molar refractivity (Wildman–Crippen MR) is 60.9 cm³/mol. The summed E-state index contributed by atoms with van der Waals surface area (Å²) in [6, 6.07) is 0. The lowest BCUT2D eigenvalue weighted by Gasteiger charge is -2.04. The van der Waals surface area contributed by atoms with E-state index in [1.54, 1.807) is 6.92 Å². The van der Waals surface area contributed by atoms with Crippen molar-refractivity contribution in [1.82, 2.24) is 0 Å². The first-order valence-electron chi connectivity index (χ1n) is 5.50. The summed E-state index contributed by atoms with van der Waals surface area (Å²) in [6.07, 6.45) is 3.62. The third kappa shape index (κ3) is 9.24. The SMILES string of the molecule is C=C(C)C(=O)OCCCCCCOC(C)=O. The molecule has 0 aliphatic rings. The minimum Gasteiger partial charge on any atom is -0.466 e. The molecular weight excluding hydrogens is 208 g/mol. The fraction of sp³-hybridized carbons (Fsp3) is 0.667. The van der Waals surface area contributed by atoms with Crippen LogP contribution in [0, 0.1) is 0 Å². The van der Waals surface area contributed by atoms with E-state index in [1.165, 1.54) is 6.92 Å². The van der Waals surface area contributed by atoms with E-state index in [0.717, 1.165) is 25.7 Å². The van der Waals surface area contributed by atoms with Crippen LogP contribution in [0.1, 0.15) is 39.5 Å². The van der Waals surface area contributed by atoms with Gasteiger partial charge in [0, 0.05) is 12.5 Å². The number of ether oxygens (including phenoxy) is 2. The molecule has 0 aromatic rings. The molecule has 0 saturated heterocycles. The third-order valence-electron chi connectivity index (χ3n) is 1.93. The summed E-state index contributed by atoms with van der Waals surface area (Å²) in [6.45, 7) is 7.42. The Labute approximate surface area is 96.6 Å². The summed E-state index contributed by atoms with van der Waals surface area (Å²) >= 11 is 0. The lowest BCUT2D eigenvalue weighted by Crippen LogP contribution is -2.06. The van der Waals surface area contributed by atoms with Crippen molar-refractivity contribution in [2.45, 2.75) is 39.5 Å². The van der Waals surface area contributed by atoms with Gasteiger partial charge in [0.15, 0.2) is 0 Å². The quantitative estimate of drug-likeness (QED) is 0.363. The van der Waals surface area contributed by atoms with E-state index in [4.69, 9.17) is 9.47 Å². The van der Waals surface area contributed by atoms with Gasteiger partial charge in [0.1, 0.15) is 0 Å². The second-order valence-electron chi connectivity index (χ2n) is 3.67. The first-order chi connectivity index (χ1) is 7.54. The van der Waals surface area contributed by atoms with Gasteiger partial charge < -0.3 is 9.47 Å². The fourth-order valence-corrected chi connectivity index (χ4v) is 1.06. The van der Waals surface area contributed by atoms with Gasteiger partial charge in [0.05, 0.1) is 13.2 Å². The van der Waals surface area contributed by atoms with E-state index < -0.39 is 0 Å². The standard InChI is InChI=1S/C12H20O4/c1-10(2)12(14)16-9-7-5-4-6-8-15-11(3)13/h1,4-9H2,2-3H3.